The molecule has 0 saturated heterocycles. The minimum Gasteiger partial charge on any atom is -0.480 e. The Labute approximate surface area is 97.5 Å². The first kappa shape index (κ1) is 14.8. The average molecular weight is 241 g/mol. The van der Waals surface area contributed by atoms with Gasteiger partial charge in [0.1, 0.15) is 6.04 Å². The maximum absolute atomic E-state index is 9.65. The van der Waals surface area contributed by atoms with Crippen LogP contribution in [-0.2, 0) is 4.79 Å². The molecule has 0 aromatic carbocycles. The van der Waals surface area contributed by atoms with E-state index in [-0.39, 0.29) is 0 Å². The predicted molar refractivity (Wildman–Crippen MR) is 59.9 cm³/mol. The quantitative estimate of drug-likeness (QED) is 0.466. The van der Waals surface area contributed by atoms with Crippen LogP contribution in [0.2, 0.25) is 0 Å². The monoisotopic (exact) mass is 241 g/mol. The van der Waals surface area contributed by atoms with Gasteiger partial charge in [0, 0.05) is 12.4 Å². The number of aromatic nitrogens is 4. The summed E-state index contributed by atoms with van der Waals surface area (Å²) in [7, 11) is 0. The van der Waals surface area contributed by atoms with Crippen LogP contribution < -0.4 is 5.73 Å². The highest BCUT2D eigenvalue weighted by molar-refractivity contribution is 5.73. The molecular formula is C9H15N5O3. The predicted octanol–water partition coefficient (Wildman–Crippen LogP) is -0.790. The van der Waals surface area contributed by atoms with E-state index < -0.39 is 18.6 Å². The lowest BCUT2D eigenvalue weighted by atomic mass is 10.3. The van der Waals surface area contributed by atoms with Gasteiger partial charge in [0.2, 0.25) is 0 Å². The van der Waals surface area contributed by atoms with Crippen molar-refractivity contribution in [1.29, 1.82) is 0 Å². The van der Waals surface area contributed by atoms with Crippen LogP contribution in [0.1, 0.15) is 0 Å². The van der Waals surface area contributed by atoms with Crippen LogP contribution in [0.25, 0.3) is 0 Å². The number of carboxylic acid groups (broad SMARTS) is 1. The number of aromatic amines is 2. The SMILES string of the molecule is N[C@@H](CO)C(=O)O.c1cc[nH]c1.c1cn[nH]n1. The molecule has 1 atom stereocenters. The van der Waals surface area contributed by atoms with Gasteiger partial charge in [0.05, 0.1) is 19.0 Å². The van der Waals surface area contributed by atoms with E-state index in [0.29, 0.717) is 0 Å². The standard InChI is InChI=1S/C4H5N.C3H7NO3.C2H3N3/c1-2-4-5-3-1;4-2(1-5)3(6)7;1-2-4-5-3-1/h1-5H;2,5H,1,4H2,(H,6,7);1-2H,(H,3,4,5)/t;2-;/m.0./s1. The molecule has 2 aromatic rings. The maximum Gasteiger partial charge on any atom is 0.322 e. The van der Waals surface area contributed by atoms with E-state index in [0.717, 1.165) is 0 Å². The summed E-state index contributed by atoms with van der Waals surface area (Å²) in [6.07, 6.45) is 6.92. The minimum atomic E-state index is -1.18. The highest BCUT2D eigenvalue weighted by Gasteiger charge is 2.06. The van der Waals surface area contributed by atoms with E-state index >= 15 is 0 Å². The highest BCUT2D eigenvalue weighted by Crippen LogP contribution is 1.72. The van der Waals surface area contributed by atoms with Crippen LogP contribution in [0.3, 0.4) is 0 Å². The van der Waals surface area contributed by atoms with E-state index in [1.807, 2.05) is 24.5 Å². The van der Waals surface area contributed by atoms with E-state index in [9.17, 15) is 4.79 Å². The molecule has 2 heterocycles. The third-order valence-corrected chi connectivity index (χ3v) is 1.34. The van der Waals surface area contributed by atoms with Gasteiger partial charge < -0.3 is 20.9 Å². The fourth-order valence-corrected chi connectivity index (χ4v) is 0.523. The zero-order valence-electron chi connectivity index (χ0n) is 9.02. The largest absolute Gasteiger partial charge is 0.480 e. The third kappa shape index (κ3) is 10.1. The second kappa shape index (κ2) is 10.3. The number of hydrogen-bond donors (Lipinski definition) is 5. The highest BCUT2D eigenvalue weighted by atomic mass is 16.4. The van der Waals surface area contributed by atoms with Gasteiger partial charge in [-0.15, -0.1) is 0 Å². The molecule has 0 spiro atoms. The first-order chi connectivity index (χ1) is 8.18. The normalized spacial score (nSPS) is 10.2. The van der Waals surface area contributed by atoms with E-state index in [1.165, 1.54) is 0 Å². The summed E-state index contributed by atoms with van der Waals surface area (Å²) >= 11 is 0. The molecule has 6 N–H and O–H groups in total. The minimum absolute atomic E-state index is 0.505. The zero-order valence-corrected chi connectivity index (χ0v) is 9.02. The number of carbonyl (C=O) groups is 1. The lowest BCUT2D eigenvalue weighted by molar-refractivity contribution is -0.139. The first-order valence-corrected chi connectivity index (χ1v) is 4.65. The lowest BCUT2D eigenvalue weighted by Gasteiger charge is -1.96. The average Bonchev–Trinajstić information content (AvgIpc) is 3.04. The summed E-state index contributed by atoms with van der Waals surface area (Å²) in [5, 5.41) is 25.2. The molecule has 0 aliphatic carbocycles. The van der Waals surface area contributed by atoms with Crippen molar-refractivity contribution in [1.82, 2.24) is 20.4 Å². The summed E-state index contributed by atoms with van der Waals surface area (Å²) in [6, 6.07) is 2.76. The van der Waals surface area contributed by atoms with Gasteiger partial charge in [-0.05, 0) is 12.1 Å². The Morgan fingerprint density at radius 3 is 1.94 bits per heavy atom. The van der Waals surface area contributed by atoms with Crippen molar-refractivity contribution in [2.24, 2.45) is 5.73 Å². The molecule has 0 aliphatic rings. The molecule has 0 unspecified atom stereocenters. The molecule has 94 valence electrons. The summed E-state index contributed by atoms with van der Waals surface area (Å²) < 4.78 is 0. The molecule has 2 rings (SSSR count). The second-order valence-corrected chi connectivity index (χ2v) is 2.67. The van der Waals surface area contributed by atoms with Crippen molar-refractivity contribution in [2.75, 3.05) is 6.61 Å². The van der Waals surface area contributed by atoms with Crippen molar-refractivity contribution in [3.8, 4) is 0 Å². The number of nitrogens with one attached hydrogen (secondary N) is 2. The number of aliphatic hydroxyl groups excluding tert-OH is 1. The van der Waals surface area contributed by atoms with E-state index in [4.69, 9.17) is 15.9 Å². The molecule has 0 amide bonds. The van der Waals surface area contributed by atoms with Crippen molar-refractivity contribution in [3.05, 3.63) is 36.9 Å². The fraction of sp³-hybridized carbons (Fsp3) is 0.222. The number of H-pyrrole nitrogens is 2. The summed E-state index contributed by atoms with van der Waals surface area (Å²) in [5.41, 5.74) is 4.77. The Hall–Kier alpha value is -2.19. The first-order valence-electron chi connectivity index (χ1n) is 4.65. The molecule has 0 bridgehead atoms. The smallest absolute Gasteiger partial charge is 0.322 e. The number of hydrogen-bond acceptors (Lipinski definition) is 5. The molecule has 17 heavy (non-hydrogen) atoms. The van der Waals surface area contributed by atoms with Crippen LogP contribution in [0.5, 0.6) is 0 Å². The van der Waals surface area contributed by atoms with Gasteiger partial charge in [-0.25, -0.2) is 0 Å². The van der Waals surface area contributed by atoms with E-state index in [1.54, 1.807) is 12.4 Å². The number of rotatable bonds is 2. The van der Waals surface area contributed by atoms with Crippen molar-refractivity contribution < 1.29 is 15.0 Å². The van der Waals surface area contributed by atoms with Gasteiger partial charge in [0.25, 0.3) is 0 Å². The van der Waals surface area contributed by atoms with Crippen molar-refractivity contribution >= 4 is 5.97 Å². The number of aliphatic carboxylic acids is 1. The van der Waals surface area contributed by atoms with Gasteiger partial charge >= 0.3 is 5.97 Å². The van der Waals surface area contributed by atoms with Crippen LogP contribution in [-0.4, -0.2) is 49.2 Å². The van der Waals surface area contributed by atoms with Crippen LogP contribution >= 0.6 is 0 Å². The molecule has 0 aliphatic heterocycles. The Kier molecular flexibility index (Phi) is 9.00. The topological polar surface area (TPSA) is 141 Å². The van der Waals surface area contributed by atoms with Crippen LogP contribution in [0.4, 0.5) is 0 Å². The molecule has 0 saturated carbocycles. The Morgan fingerprint density at radius 2 is 1.82 bits per heavy atom. The lowest BCUT2D eigenvalue weighted by Crippen LogP contribution is -2.33. The molecule has 8 heteroatoms. The number of carboxylic acids is 1. The van der Waals surface area contributed by atoms with Crippen LogP contribution in [0, 0.1) is 0 Å². The van der Waals surface area contributed by atoms with Crippen molar-refractivity contribution in [3.63, 3.8) is 0 Å². The number of aliphatic hydroxyl groups is 1. The number of nitrogens with zero attached hydrogens (tertiary/aromatic N) is 2. The molecule has 8 nitrogen and oxygen atoms in total. The zero-order chi connectivity index (χ0) is 12.9. The summed E-state index contributed by atoms with van der Waals surface area (Å²) in [5.74, 6) is -1.18. The fourth-order valence-electron chi connectivity index (χ4n) is 0.523. The molecular weight excluding hydrogens is 226 g/mol. The maximum atomic E-state index is 9.65. The Morgan fingerprint density at radius 1 is 1.29 bits per heavy atom. The Bertz CT molecular complexity index is 288. The van der Waals surface area contributed by atoms with Gasteiger partial charge in [0.15, 0.2) is 0 Å². The van der Waals surface area contributed by atoms with Gasteiger partial charge in [-0.1, -0.05) is 0 Å². The van der Waals surface area contributed by atoms with E-state index in [2.05, 4.69) is 20.4 Å². The third-order valence-electron chi connectivity index (χ3n) is 1.34. The molecule has 0 radical (unpaired) electrons. The number of nitrogens with two attached hydrogens (primary N) is 1. The van der Waals surface area contributed by atoms with Crippen LogP contribution in [0.15, 0.2) is 36.9 Å². The molecule has 2 aromatic heterocycles. The second-order valence-electron chi connectivity index (χ2n) is 2.67. The summed E-state index contributed by atoms with van der Waals surface area (Å²) in [6.45, 7) is -0.505. The molecule has 0 fully saturated rings. The Balaban J connectivity index is 0.000000229. The van der Waals surface area contributed by atoms with Gasteiger partial charge in [-0.2, -0.15) is 15.4 Å². The van der Waals surface area contributed by atoms with Crippen molar-refractivity contribution in [2.45, 2.75) is 6.04 Å². The van der Waals surface area contributed by atoms with Gasteiger partial charge in [-0.3, -0.25) is 4.79 Å². The summed E-state index contributed by atoms with van der Waals surface area (Å²) in [4.78, 5) is 12.5.